The third kappa shape index (κ3) is 1.32. The van der Waals surface area contributed by atoms with E-state index in [0.717, 1.165) is 6.26 Å². The van der Waals surface area contributed by atoms with Crippen LogP contribution in [0.4, 0.5) is 4.39 Å². The number of hydrogen-bond donors (Lipinski definition) is 1. The van der Waals surface area contributed by atoms with Crippen molar-refractivity contribution in [3.05, 3.63) is 29.8 Å². The summed E-state index contributed by atoms with van der Waals surface area (Å²) in [5, 5.41) is 9.00. The van der Waals surface area contributed by atoms with Gasteiger partial charge in [-0.3, -0.25) is 0 Å². The summed E-state index contributed by atoms with van der Waals surface area (Å²) in [5.41, 5.74) is -0.168. The van der Waals surface area contributed by atoms with Gasteiger partial charge in [0.15, 0.2) is 11.3 Å². The molecule has 5 heteroatoms. The molecule has 0 unspecified atom stereocenters. The van der Waals surface area contributed by atoms with Crippen LogP contribution in [0.2, 0.25) is 0 Å². The highest BCUT2D eigenvalue weighted by atomic mass is 19.1. The lowest BCUT2D eigenvalue weighted by Gasteiger charge is -2.00. The second-order valence-corrected chi connectivity index (χ2v) is 2.91. The molecule has 4 nitrogen and oxygen atoms in total. The van der Waals surface area contributed by atoms with Crippen LogP contribution < -0.4 is 4.74 Å². The number of methoxy groups -OCH3 is 1. The molecule has 0 saturated carbocycles. The molecule has 0 aliphatic carbocycles. The van der Waals surface area contributed by atoms with Crippen LogP contribution in [-0.2, 0) is 0 Å². The van der Waals surface area contributed by atoms with E-state index in [2.05, 4.69) is 0 Å². The second kappa shape index (κ2) is 3.27. The van der Waals surface area contributed by atoms with Crippen LogP contribution in [-0.4, -0.2) is 18.2 Å². The van der Waals surface area contributed by atoms with Crippen LogP contribution in [0.25, 0.3) is 11.0 Å². The quantitative estimate of drug-likeness (QED) is 0.825. The number of ether oxygens (including phenoxy) is 1. The second-order valence-electron chi connectivity index (χ2n) is 2.91. The Morgan fingerprint density at radius 1 is 1.53 bits per heavy atom. The van der Waals surface area contributed by atoms with Crippen molar-refractivity contribution in [2.24, 2.45) is 0 Å². The number of aromatic carboxylic acids is 1. The molecule has 2 aromatic rings. The molecule has 1 heterocycles. The van der Waals surface area contributed by atoms with E-state index in [4.69, 9.17) is 14.3 Å². The summed E-state index contributed by atoms with van der Waals surface area (Å²) in [5.74, 6) is -1.82. The van der Waals surface area contributed by atoms with E-state index >= 15 is 0 Å². The van der Waals surface area contributed by atoms with Crippen LogP contribution in [0.1, 0.15) is 10.4 Å². The Kier molecular flexibility index (Phi) is 2.07. The Hall–Kier alpha value is -2.04. The van der Waals surface area contributed by atoms with Gasteiger partial charge in [-0.15, -0.1) is 0 Å². The number of fused-ring (bicyclic) bond motifs is 1. The zero-order valence-corrected chi connectivity index (χ0v) is 7.78. The molecule has 0 atom stereocenters. The van der Waals surface area contributed by atoms with Gasteiger partial charge in [0.1, 0.15) is 11.8 Å². The first-order chi connectivity index (χ1) is 7.15. The van der Waals surface area contributed by atoms with Gasteiger partial charge in [0.05, 0.1) is 7.11 Å². The molecule has 1 aromatic heterocycles. The minimum atomic E-state index is -1.15. The average molecular weight is 210 g/mol. The van der Waals surface area contributed by atoms with Gasteiger partial charge in [-0.25, -0.2) is 4.79 Å². The first-order valence-electron chi connectivity index (χ1n) is 4.12. The fourth-order valence-electron chi connectivity index (χ4n) is 1.37. The molecule has 0 aliphatic rings. The molecule has 0 saturated heterocycles. The highest BCUT2D eigenvalue weighted by Gasteiger charge is 2.17. The van der Waals surface area contributed by atoms with Crippen LogP contribution >= 0.6 is 0 Å². The third-order valence-corrected chi connectivity index (χ3v) is 2.10. The number of benzene rings is 1. The molecule has 0 fully saturated rings. The van der Waals surface area contributed by atoms with Crippen molar-refractivity contribution in [1.82, 2.24) is 0 Å². The number of hydrogen-bond acceptors (Lipinski definition) is 3. The summed E-state index contributed by atoms with van der Waals surface area (Å²) in [6, 6.07) is 2.81. The first-order valence-corrected chi connectivity index (χ1v) is 4.12. The number of halogens is 1. The SMILES string of the molecule is COc1ccc2c(C(=O)O)coc2c1F. The smallest absolute Gasteiger partial charge is 0.339 e. The Morgan fingerprint density at radius 3 is 2.87 bits per heavy atom. The van der Waals surface area contributed by atoms with E-state index in [1.807, 2.05) is 0 Å². The average Bonchev–Trinajstić information content (AvgIpc) is 2.62. The first kappa shape index (κ1) is 9.51. The van der Waals surface area contributed by atoms with Gasteiger partial charge < -0.3 is 14.3 Å². The zero-order valence-electron chi connectivity index (χ0n) is 7.78. The Morgan fingerprint density at radius 2 is 2.27 bits per heavy atom. The molecule has 0 spiro atoms. The Labute approximate surface area is 83.9 Å². The van der Waals surface area contributed by atoms with Crippen LogP contribution in [0, 0.1) is 5.82 Å². The van der Waals surface area contributed by atoms with Gasteiger partial charge in [0, 0.05) is 5.39 Å². The van der Waals surface area contributed by atoms with Crippen LogP contribution in [0.5, 0.6) is 5.75 Å². The Bertz CT molecular complexity index is 529. The van der Waals surface area contributed by atoms with Gasteiger partial charge in [0.2, 0.25) is 5.82 Å². The maximum atomic E-state index is 13.5. The lowest BCUT2D eigenvalue weighted by atomic mass is 10.1. The van der Waals surface area contributed by atoms with Crippen molar-refractivity contribution in [3.8, 4) is 5.75 Å². The van der Waals surface area contributed by atoms with Crippen LogP contribution in [0.3, 0.4) is 0 Å². The minimum Gasteiger partial charge on any atom is -0.494 e. The largest absolute Gasteiger partial charge is 0.494 e. The number of carboxylic acids is 1. The van der Waals surface area contributed by atoms with E-state index in [-0.39, 0.29) is 22.3 Å². The molecule has 0 amide bonds. The maximum Gasteiger partial charge on any atom is 0.339 e. The molecule has 0 radical (unpaired) electrons. The summed E-state index contributed by atoms with van der Waals surface area (Å²) in [6.45, 7) is 0. The van der Waals surface area contributed by atoms with Crippen molar-refractivity contribution in [2.45, 2.75) is 0 Å². The molecule has 1 aromatic carbocycles. The number of carboxylic acid groups (broad SMARTS) is 1. The monoisotopic (exact) mass is 210 g/mol. The van der Waals surface area contributed by atoms with E-state index < -0.39 is 11.8 Å². The van der Waals surface area contributed by atoms with Crippen molar-refractivity contribution in [3.63, 3.8) is 0 Å². The molecular formula is C10H7FO4. The van der Waals surface area contributed by atoms with E-state index in [1.165, 1.54) is 19.2 Å². The van der Waals surface area contributed by atoms with Gasteiger partial charge >= 0.3 is 5.97 Å². The van der Waals surface area contributed by atoms with Gasteiger partial charge in [-0.05, 0) is 12.1 Å². The molecule has 1 N–H and O–H groups in total. The normalized spacial score (nSPS) is 10.5. The predicted molar refractivity (Wildman–Crippen MR) is 49.7 cm³/mol. The molecule has 0 bridgehead atoms. The third-order valence-electron chi connectivity index (χ3n) is 2.10. The summed E-state index contributed by atoms with van der Waals surface area (Å²) in [7, 11) is 1.32. The van der Waals surface area contributed by atoms with Gasteiger partial charge in [0.25, 0.3) is 0 Å². The summed E-state index contributed by atoms with van der Waals surface area (Å²) < 4.78 is 23.1. The standard InChI is InChI=1S/C10H7FO4/c1-14-7-3-2-5-6(10(12)13)4-15-9(5)8(7)11/h2-4H,1H3,(H,12,13). The van der Waals surface area contributed by atoms with Crippen molar-refractivity contribution in [1.29, 1.82) is 0 Å². The highest BCUT2D eigenvalue weighted by Crippen LogP contribution is 2.29. The number of rotatable bonds is 2. The van der Waals surface area contributed by atoms with Crippen molar-refractivity contribution in [2.75, 3.05) is 7.11 Å². The highest BCUT2D eigenvalue weighted by molar-refractivity contribution is 6.02. The molecule has 78 valence electrons. The van der Waals surface area contributed by atoms with E-state index in [9.17, 15) is 9.18 Å². The lowest BCUT2D eigenvalue weighted by Crippen LogP contribution is -1.94. The fraction of sp³-hybridized carbons (Fsp3) is 0.100. The van der Waals surface area contributed by atoms with Crippen molar-refractivity contribution >= 4 is 16.9 Å². The van der Waals surface area contributed by atoms with Crippen LogP contribution in [0.15, 0.2) is 22.8 Å². The predicted octanol–water partition coefficient (Wildman–Crippen LogP) is 2.28. The summed E-state index contributed by atoms with van der Waals surface area (Å²) in [4.78, 5) is 10.7. The van der Waals surface area contributed by atoms with E-state index in [0.29, 0.717) is 0 Å². The summed E-state index contributed by atoms with van der Waals surface area (Å²) in [6.07, 6.45) is 1.01. The summed E-state index contributed by atoms with van der Waals surface area (Å²) >= 11 is 0. The topological polar surface area (TPSA) is 59.7 Å². The number of carbonyl (C=O) groups is 1. The molecule has 0 aliphatic heterocycles. The lowest BCUT2D eigenvalue weighted by molar-refractivity contribution is 0.0698. The Balaban J connectivity index is 2.76. The number of furan rings is 1. The molecular weight excluding hydrogens is 203 g/mol. The van der Waals surface area contributed by atoms with Gasteiger partial charge in [-0.1, -0.05) is 0 Å². The zero-order chi connectivity index (χ0) is 11.0. The van der Waals surface area contributed by atoms with Crippen molar-refractivity contribution < 1.29 is 23.4 Å². The minimum absolute atomic E-state index is 0.0220. The fourth-order valence-corrected chi connectivity index (χ4v) is 1.37. The van der Waals surface area contributed by atoms with E-state index in [1.54, 1.807) is 0 Å². The maximum absolute atomic E-state index is 13.5. The molecule has 2 rings (SSSR count). The van der Waals surface area contributed by atoms with Gasteiger partial charge in [-0.2, -0.15) is 4.39 Å². The molecule has 15 heavy (non-hydrogen) atoms.